The summed E-state index contributed by atoms with van der Waals surface area (Å²) in [5.41, 5.74) is 1.40. The van der Waals surface area contributed by atoms with E-state index in [1.807, 2.05) is 0 Å². The lowest BCUT2D eigenvalue weighted by Crippen LogP contribution is -2.13. The average molecular weight is 217 g/mol. The number of nitrogens with zero attached hydrogens (tertiary/aromatic N) is 6. The average Bonchev–Trinajstić information content (AvgIpc) is 2.92. The third kappa shape index (κ3) is 1.26. The van der Waals surface area contributed by atoms with Crippen molar-refractivity contribution in [2.75, 3.05) is 0 Å². The van der Waals surface area contributed by atoms with Crippen molar-refractivity contribution in [1.29, 1.82) is 5.41 Å². The Morgan fingerprint density at radius 2 is 2.31 bits per heavy atom. The van der Waals surface area contributed by atoms with Gasteiger partial charge in [-0.3, -0.25) is 5.41 Å². The molecule has 0 bridgehead atoms. The van der Waals surface area contributed by atoms with Gasteiger partial charge in [0.15, 0.2) is 17.0 Å². The van der Waals surface area contributed by atoms with E-state index in [0.29, 0.717) is 23.5 Å². The SMILES string of the molecule is N=c1ncn(Cc2nn[nH]n2)c2nc[nH]c12. The van der Waals surface area contributed by atoms with Gasteiger partial charge in [0.25, 0.3) is 0 Å². The molecule has 0 aliphatic heterocycles. The molecule has 3 heterocycles. The number of aromatic nitrogens is 8. The third-order valence-electron chi connectivity index (χ3n) is 2.16. The largest absolute Gasteiger partial charge is 0.340 e. The smallest absolute Gasteiger partial charge is 0.194 e. The summed E-state index contributed by atoms with van der Waals surface area (Å²) in [6, 6.07) is 0. The van der Waals surface area contributed by atoms with Crippen molar-refractivity contribution in [2.45, 2.75) is 6.54 Å². The van der Waals surface area contributed by atoms with Crippen LogP contribution >= 0.6 is 0 Å². The zero-order valence-corrected chi connectivity index (χ0v) is 8.05. The van der Waals surface area contributed by atoms with Crippen LogP contribution in [0.4, 0.5) is 0 Å². The van der Waals surface area contributed by atoms with Crippen LogP contribution in [0.15, 0.2) is 12.7 Å². The molecule has 0 atom stereocenters. The molecule has 3 N–H and O–H groups in total. The molecule has 0 spiro atoms. The van der Waals surface area contributed by atoms with Gasteiger partial charge in [-0.05, 0) is 0 Å². The molecule has 0 saturated heterocycles. The van der Waals surface area contributed by atoms with E-state index >= 15 is 0 Å². The van der Waals surface area contributed by atoms with E-state index in [9.17, 15) is 0 Å². The highest BCUT2D eigenvalue weighted by atomic mass is 15.5. The van der Waals surface area contributed by atoms with Crippen molar-refractivity contribution < 1.29 is 0 Å². The van der Waals surface area contributed by atoms with Crippen LogP contribution in [-0.2, 0) is 6.54 Å². The Morgan fingerprint density at radius 3 is 3.12 bits per heavy atom. The summed E-state index contributed by atoms with van der Waals surface area (Å²) in [6.07, 6.45) is 3.05. The summed E-state index contributed by atoms with van der Waals surface area (Å²) in [7, 11) is 0. The lowest BCUT2D eigenvalue weighted by molar-refractivity contribution is 0.738. The van der Waals surface area contributed by atoms with Crippen molar-refractivity contribution >= 4 is 11.2 Å². The number of tetrazole rings is 1. The minimum Gasteiger partial charge on any atom is -0.340 e. The normalized spacial score (nSPS) is 11.0. The Morgan fingerprint density at radius 1 is 1.38 bits per heavy atom. The van der Waals surface area contributed by atoms with Crippen LogP contribution in [0, 0.1) is 5.41 Å². The van der Waals surface area contributed by atoms with E-state index in [4.69, 9.17) is 5.41 Å². The standard InChI is InChI=1S/C7H7N9/c8-6-5-7(10-2-9-5)16(3-11-6)1-4-12-14-15-13-4/h2-3,8H,1H2,(H,9,10)(H,12,13,14,15). The summed E-state index contributed by atoms with van der Waals surface area (Å²) < 4.78 is 1.74. The van der Waals surface area contributed by atoms with Gasteiger partial charge in [-0.15, -0.1) is 10.2 Å². The maximum absolute atomic E-state index is 7.58. The quantitative estimate of drug-likeness (QED) is 0.497. The molecule has 0 aromatic carbocycles. The molecule has 0 unspecified atom stereocenters. The van der Waals surface area contributed by atoms with Gasteiger partial charge < -0.3 is 9.55 Å². The van der Waals surface area contributed by atoms with Crippen LogP contribution in [-0.4, -0.2) is 40.1 Å². The van der Waals surface area contributed by atoms with Crippen LogP contribution in [0.2, 0.25) is 0 Å². The fourth-order valence-corrected chi connectivity index (χ4v) is 1.44. The highest BCUT2D eigenvalue weighted by Gasteiger charge is 2.06. The third-order valence-corrected chi connectivity index (χ3v) is 2.16. The van der Waals surface area contributed by atoms with Crippen LogP contribution < -0.4 is 5.49 Å². The number of fused-ring (bicyclic) bond motifs is 1. The summed E-state index contributed by atoms with van der Waals surface area (Å²) >= 11 is 0. The lowest BCUT2D eigenvalue weighted by atomic mass is 10.5. The molecule has 16 heavy (non-hydrogen) atoms. The van der Waals surface area contributed by atoms with Crippen molar-refractivity contribution in [1.82, 2.24) is 40.1 Å². The Hall–Kier alpha value is -2.58. The highest BCUT2D eigenvalue weighted by molar-refractivity contribution is 5.68. The predicted octanol–water partition coefficient (Wildman–Crippen LogP) is -1.20. The monoisotopic (exact) mass is 217 g/mol. The Labute approximate surface area is 88.1 Å². The first kappa shape index (κ1) is 8.71. The number of imidazole rings is 1. The van der Waals surface area contributed by atoms with Crippen molar-refractivity contribution in [3.05, 3.63) is 24.0 Å². The highest BCUT2D eigenvalue weighted by Crippen LogP contribution is 2.03. The van der Waals surface area contributed by atoms with Gasteiger partial charge in [-0.25, -0.2) is 9.97 Å². The molecule has 9 nitrogen and oxygen atoms in total. The summed E-state index contributed by atoms with van der Waals surface area (Å²) in [5.74, 6) is 0.536. The predicted molar refractivity (Wildman–Crippen MR) is 51.0 cm³/mol. The Bertz CT molecular complexity index is 661. The molecule has 3 rings (SSSR count). The molecule has 0 radical (unpaired) electrons. The first-order chi connectivity index (χ1) is 7.84. The number of H-pyrrole nitrogens is 2. The van der Waals surface area contributed by atoms with Gasteiger partial charge in [-0.2, -0.15) is 5.21 Å². The van der Waals surface area contributed by atoms with Crippen LogP contribution in [0.3, 0.4) is 0 Å². The minimum absolute atomic E-state index is 0.164. The van der Waals surface area contributed by atoms with Crippen LogP contribution in [0.5, 0.6) is 0 Å². The molecular formula is C7H7N9. The van der Waals surface area contributed by atoms with E-state index in [2.05, 4.69) is 35.6 Å². The second-order valence-corrected chi connectivity index (χ2v) is 3.15. The fourth-order valence-electron chi connectivity index (χ4n) is 1.44. The first-order valence-electron chi connectivity index (χ1n) is 4.50. The zero-order valence-electron chi connectivity index (χ0n) is 8.05. The van der Waals surface area contributed by atoms with Gasteiger partial charge in [0.1, 0.15) is 5.52 Å². The van der Waals surface area contributed by atoms with E-state index in [-0.39, 0.29) is 5.49 Å². The molecule has 0 aliphatic carbocycles. The maximum atomic E-state index is 7.58. The van der Waals surface area contributed by atoms with Gasteiger partial charge in [0, 0.05) is 0 Å². The maximum Gasteiger partial charge on any atom is 0.194 e. The van der Waals surface area contributed by atoms with E-state index in [0.717, 1.165) is 0 Å². The van der Waals surface area contributed by atoms with Crippen molar-refractivity contribution in [2.24, 2.45) is 0 Å². The zero-order chi connectivity index (χ0) is 11.0. The van der Waals surface area contributed by atoms with E-state index in [1.165, 1.54) is 12.7 Å². The minimum atomic E-state index is 0.164. The van der Waals surface area contributed by atoms with Gasteiger partial charge >= 0.3 is 0 Å². The Balaban J connectivity index is 2.14. The molecule has 80 valence electrons. The summed E-state index contributed by atoms with van der Waals surface area (Å²) in [4.78, 5) is 10.9. The first-order valence-corrected chi connectivity index (χ1v) is 4.50. The second-order valence-electron chi connectivity index (χ2n) is 3.15. The van der Waals surface area contributed by atoms with Gasteiger partial charge in [0.05, 0.1) is 19.2 Å². The van der Waals surface area contributed by atoms with Crippen molar-refractivity contribution in [3.8, 4) is 0 Å². The lowest BCUT2D eigenvalue weighted by Gasteiger charge is -2.02. The number of nitrogens with one attached hydrogen (secondary N) is 3. The fraction of sp³-hybridized carbons (Fsp3) is 0.143. The van der Waals surface area contributed by atoms with E-state index < -0.39 is 0 Å². The molecule has 0 saturated carbocycles. The number of rotatable bonds is 2. The molecular weight excluding hydrogens is 210 g/mol. The molecule has 0 fully saturated rings. The van der Waals surface area contributed by atoms with Gasteiger partial charge in [0.2, 0.25) is 0 Å². The Kier molecular flexibility index (Phi) is 1.75. The molecule has 0 amide bonds. The molecule has 0 aliphatic rings. The van der Waals surface area contributed by atoms with Crippen LogP contribution in [0.1, 0.15) is 5.82 Å². The van der Waals surface area contributed by atoms with Crippen LogP contribution in [0.25, 0.3) is 11.2 Å². The molecule has 3 aromatic rings. The van der Waals surface area contributed by atoms with Crippen molar-refractivity contribution in [3.63, 3.8) is 0 Å². The topological polar surface area (TPSA) is 125 Å². The number of aromatic amines is 2. The second kappa shape index (κ2) is 3.22. The van der Waals surface area contributed by atoms with Gasteiger partial charge in [-0.1, -0.05) is 5.21 Å². The summed E-state index contributed by atoms with van der Waals surface area (Å²) in [6.45, 7) is 0.408. The molecule has 3 aromatic heterocycles. The molecule has 9 heteroatoms. The summed E-state index contributed by atoms with van der Waals surface area (Å²) in [5, 5.41) is 21.1. The van der Waals surface area contributed by atoms with E-state index in [1.54, 1.807) is 4.57 Å². The number of hydrogen-bond donors (Lipinski definition) is 3. The number of hydrogen-bond acceptors (Lipinski definition) is 6.